The molecule has 0 aliphatic heterocycles. The van der Waals surface area contributed by atoms with Gasteiger partial charge in [-0.15, -0.1) is 11.3 Å². The van der Waals surface area contributed by atoms with Crippen LogP contribution in [0.3, 0.4) is 0 Å². The fourth-order valence-electron chi connectivity index (χ4n) is 3.28. The van der Waals surface area contributed by atoms with Crippen LogP contribution in [0, 0.1) is 13.8 Å². The molecular formula is C21H25NO4S. The molecule has 6 heteroatoms. The van der Waals surface area contributed by atoms with Gasteiger partial charge >= 0.3 is 5.97 Å². The Morgan fingerprint density at radius 3 is 2.81 bits per heavy atom. The summed E-state index contributed by atoms with van der Waals surface area (Å²) < 4.78 is 10.7. The Bertz CT molecular complexity index is 856. The largest absolute Gasteiger partial charge is 0.493 e. The highest BCUT2D eigenvalue weighted by Crippen LogP contribution is 2.39. The second kappa shape index (κ2) is 8.57. The molecule has 1 aromatic carbocycles. The minimum atomic E-state index is -0.372. The molecule has 0 atom stereocenters. The van der Waals surface area contributed by atoms with E-state index in [4.69, 9.17) is 9.47 Å². The smallest absolute Gasteiger partial charge is 0.341 e. The van der Waals surface area contributed by atoms with Gasteiger partial charge in [0, 0.05) is 11.3 Å². The molecule has 0 fully saturated rings. The van der Waals surface area contributed by atoms with Crippen molar-refractivity contribution in [3.63, 3.8) is 0 Å². The third-order valence-electron chi connectivity index (χ3n) is 4.71. The quantitative estimate of drug-likeness (QED) is 0.564. The van der Waals surface area contributed by atoms with Crippen LogP contribution >= 0.6 is 11.3 Å². The Morgan fingerprint density at radius 2 is 2.04 bits per heavy atom. The molecule has 0 saturated heterocycles. The van der Waals surface area contributed by atoms with Crippen LogP contribution in [-0.4, -0.2) is 25.6 Å². The molecular weight excluding hydrogens is 362 g/mol. The van der Waals surface area contributed by atoms with Crippen molar-refractivity contribution in [3.8, 4) is 5.75 Å². The van der Waals surface area contributed by atoms with Crippen LogP contribution in [0.25, 0.3) is 0 Å². The van der Waals surface area contributed by atoms with E-state index in [1.807, 2.05) is 32.0 Å². The monoisotopic (exact) mass is 387 g/mol. The molecule has 1 heterocycles. The van der Waals surface area contributed by atoms with Crippen molar-refractivity contribution in [1.82, 2.24) is 0 Å². The molecule has 0 spiro atoms. The molecule has 1 aliphatic carbocycles. The molecule has 1 aromatic heterocycles. The Morgan fingerprint density at radius 1 is 1.22 bits per heavy atom. The maximum absolute atomic E-state index is 12.3. The third kappa shape index (κ3) is 4.50. The van der Waals surface area contributed by atoms with Gasteiger partial charge in [-0.1, -0.05) is 12.1 Å². The van der Waals surface area contributed by atoms with Gasteiger partial charge in [0.25, 0.3) is 0 Å². The van der Waals surface area contributed by atoms with E-state index in [-0.39, 0.29) is 11.9 Å². The average molecular weight is 388 g/mol. The molecule has 0 saturated carbocycles. The number of fused-ring (bicyclic) bond motifs is 1. The van der Waals surface area contributed by atoms with Gasteiger partial charge in [0.1, 0.15) is 10.8 Å². The third-order valence-corrected chi connectivity index (χ3v) is 5.92. The normalized spacial score (nSPS) is 12.6. The number of hydrogen-bond donors (Lipinski definition) is 1. The predicted molar refractivity (Wildman–Crippen MR) is 107 cm³/mol. The zero-order valence-corrected chi connectivity index (χ0v) is 16.8. The van der Waals surface area contributed by atoms with Crippen molar-refractivity contribution in [2.75, 3.05) is 19.0 Å². The van der Waals surface area contributed by atoms with Crippen molar-refractivity contribution in [2.24, 2.45) is 0 Å². The molecule has 5 nitrogen and oxygen atoms in total. The lowest BCUT2D eigenvalue weighted by Crippen LogP contribution is -2.15. The highest BCUT2D eigenvalue weighted by Gasteiger charge is 2.27. The van der Waals surface area contributed by atoms with E-state index >= 15 is 0 Å². The minimum absolute atomic E-state index is 0.107. The summed E-state index contributed by atoms with van der Waals surface area (Å²) in [5, 5.41) is 3.52. The molecule has 1 aliphatic rings. The number of esters is 1. The Balaban J connectivity index is 1.54. The van der Waals surface area contributed by atoms with E-state index in [0.717, 1.165) is 41.7 Å². The molecule has 1 N–H and O–H groups in total. The van der Waals surface area contributed by atoms with E-state index in [1.165, 1.54) is 23.3 Å². The summed E-state index contributed by atoms with van der Waals surface area (Å²) in [6, 6.07) is 6.08. The molecule has 0 radical (unpaired) electrons. The fourth-order valence-corrected chi connectivity index (χ4v) is 4.57. The molecule has 2 aromatic rings. The zero-order valence-electron chi connectivity index (χ0n) is 16.0. The number of thiophene rings is 1. The number of carbonyl (C=O) groups is 2. The Hall–Kier alpha value is -2.34. The van der Waals surface area contributed by atoms with Crippen molar-refractivity contribution >= 4 is 28.2 Å². The van der Waals surface area contributed by atoms with Crippen LogP contribution in [-0.2, 0) is 22.4 Å². The van der Waals surface area contributed by atoms with Gasteiger partial charge in [0.15, 0.2) is 0 Å². The van der Waals surface area contributed by atoms with Crippen molar-refractivity contribution in [1.29, 1.82) is 0 Å². The number of benzene rings is 1. The second-order valence-electron chi connectivity index (χ2n) is 6.82. The first kappa shape index (κ1) is 19.4. The number of rotatable bonds is 7. The van der Waals surface area contributed by atoms with Gasteiger partial charge in [-0.3, -0.25) is 4.79 Å². The van der Waals surface area contributed by atoms with Gasteiger partial charge in [0.05, 0.1) is 19.3 Å². The van der Waals surface area contributed by atoms with Gasteiger partial charge in [0.2, 0.25) is 5.91 Å². The van der Waals surface area contributed by atoms with E-state index in [1.54, 1.807) is 0 Å². The summed E-state index contributed by atoms with van der Waals surface area (Å²) in [5.41, 5.74) is 3.81. The summed E-state index contributed by atoms with van der Waals surface area (Å²) in [6.45, 7) is 4.51. The van der Waals surface area contributed by atoms with Gasteiger partial charge in [-0.2, -0.15) is 0 Å². The minimum Gasteiger partial charge on any atom is -0.493 e. The summed E-state index contributed by atoms with van der Waals surface area (Å²) >= 11 is 1.50. The van der Waals surface area contributed by atoms with E-state index < -0.39 is 0 Å². The number of hydrogen-bond acceptors (Lipinski definition) is 5. The first-order chi connectivity index (χ1) is 13.0. The molecule has 144 valence electrons. The number of amides is 1. The molecule has 3 rings (SSSR count). The van der Waals surface area contributed by atoms with E-state index in [0.29, 0.717) is 30.0 Å². The first-order valence-electron chi connectivity index (χ1n) is 9.22. The second-order valence-corrected chi connectivity index (χ2v) is 7.93. The number of aryl methyl sites for hydroxylation is 3. The number of anilines is 1. The van der Waals surface area contributed by atoms with Crippen molar-refractivity contribution in [2.45, 2.75) is 46.0 Å². The maximum Gasteiger partial charge on any atom is 0.341 e. The number of ether oxygens (including phenoxy) is 2. The van der Waals surface area contributed by atoms with E-state index in [2.05, 4.69) is 5.32 Å². The summed E-state index contributed by atoms with van der Waals surface area (Å²) in [7, 11) is 1.37. The predicted octanol–water partition coefficient (Wildman–Crippen LogP) is 4.44. The highest BCUT2D eigenvalue weighted by molar-refractivity contribution is 7.17. The van der Waals surface area contributed by atoms with Gasteiger partial charge in [-0.25, -0.2) is 4.79 Å². The van der Waals surface area contributed by atoms with Crippen molar-refractivity contribution in [3.05, 3.63) is 45.3 Å². The molecule has 0 bridgehead atoms. The summed E-state index contributed by atoms with van der Waals surface area (Å²) in [4.78, 5) is 25.6. The standard InChI is InChI=1S/C21H25NO4S/c1-13-9-10-14(2)16(12-13)26-11-5-8-18(23)22-20-19(21(24)25-3)15-6-4-7-17(15)27-20/h9-10,12H,4-8,11H2,1-3H3,(H,22,23). The van der Waals surface area contributed by atoms with Crippen LogP contribution in [0.1, 0.15) is 51.2 Å². The van der Waals surface area contributed by atoms with Crippen LogP contribution < -0.4 is 10.1 Å². The van der Waals surface area contributed by atoms with Crippen LogP contribution in [0.4, 0.5) is 5.00 Å². The van der Waals surface area contributed by atoms with Gasteiger partial charge in [-0.05, 0) is 62.3 Å². The summed E-state index contributed by atoms with van der Waals surface area (Å²) in [5.74, 6) is 0.380. The molecule has 0 unspecified atom stereocenters. The van der Waals surface area contributed by atoms with E-state index in [9.17, 15) is 9.59 Å². The Labute approximate surface area is 163 Å². The van der Waals surface area contributed by atoms with Crippen LogP contribution in [0.2, 0.25) is 0 Å². The van der Waals surface area contributed by atoms with Crippen LogP contribution in [0.5, 0.6) is 5.75 Å². The maximum atomic E-state index is 12.3. The first-order valence-corrected chi connectivity index (χ1v) is 10.0. The Kier molecular flexibility index (Phi) is 6.16. The van der Waals surface area contributed by atoms with Crippen LogP contribution in [0.15, 0.2) is 18.2 Å². The molecule has 1 amide bonds. The lowest BCUT2D eigenvalue weighted by atomic mass is 10.1. The number of methoxy groups -OCH3 is 1. The number of carbonyl (C=O) groups excluding carboxylic acids is 2. The summed E-state index contributed by atoms with van der Waals surface area (Å²) in [6.07, 6.45) is 3.83. The van der Waals surface area contributed by atoms with Crippen molar-refractivity contribution < 1.29 is 19.1 Å². The highest BCUT2D eigenvalue weighted by atomic mass is 32.1. The topological polar surface area (TPSA) is 64.6 Å². The molecule has 27 heavy (non-hydrogen) atoms. The van der Waals surface area contributed by atoms with Gasteiger partial charge < -0.3 is 14.8 Å². The fraction of sp³-hybridized carbons (Fsp3) is 0.429. The SMILES string of the molecule is COC(=O)c1c(NC(=O)CCCOc2cc(C)ccc2C)sc2c1CCC2. The lowest BCUT2D eigenvalue weighted by molar-refractivity contribution is -0.116. The number of nitrogens with one attached hydrogen (secondary N) is 1. The lowest BCUT2D eigenvalue weighted by Gasteiger charge is -2.10. The zero-order chi connectivity index (χ0) is 19.4. The average Bonchev–Trinajstić information content (AvgIpc) is 3.21.